The molecule has 3 nitrogen and oxygen atoms in total. The lowest BCUT2D eigenvalue weighted by atomic mass is 10.2. The van der Waals surface area contributed by atoms with Crippen molar-refractivity contribution in [3.8, 4) is 0 Å². The standard InChI is InChI=1S/C13H18F3NO2/c1-2-3-4-19-8-9(18)7-17-13-6-11(15)10(14)5-12(13)16/h5-6,9,17-18H,2-4,7-8H2,1H3. The van der Waals surface area contributed by atoms with Gasteiger partial charge in [-0.25, -0.2) is 13.2 Å². The van der Waals surface area contributed by atoms with Gasteiger partial charge in [0.05, 0.1) is 18.4 Å². The van der Waals surface area contributed by atoms with Crippen molar-refractivity contribution in [3.05, 3.63) is 29.6 Å². The Hall–Kier alpha value is -1.27. The van der Waals surface area contributed by atoms with Gasteiger partial charge in [0.25, 0.3) is 0 Å². The summed E-state index contributed by atoms with van der Waals surface area (Å²) in [7, 11) is 0. The average molecular weight is 277 g/mol. The van der Waals surface area contributed by atoms with E-state index in [1.54, 1.807) is 0 Å². The van der Waals surface area contributed by atoms with Gasteiger partial charge in [0.15, 0.2) is 11.6 Å². The molecule has 6 heteroatoms. The summed E-state index contributed by atoms with van der Waals surface area (Å²) in [6.45, 7) is 2.67. The molecule has 0 aliphatic rings. The Labute approximate surface area is 110 Å². The Morgan fingerprint density at radius 1 is 1.21 bits per heavy atom. The van der Waals surface area contributed by atoms with Crippen molar-refractivity contribution in [2.45, 2.75) is 25.9 Å². The number of aliphatic hydroxyl groups excluding tert-OH is 1. The number of nitrogens with one attached hydrogen (secondary N) is 1. The van der Waals surface area contributed by atoms with Crippen LogP contribution in [-0.2, 0) is 4.74 Å². The summed E-state index contributed by atoms with van der Waals surface area (Å²) in [5.41, 5.74) is -0.188. The fourth-order valence-corrected chi connectivity index (χ4v) is 1.41. The van der Waals surface area contributed by atoms with Crippen LogP contribution in [0.3, 0.4) is 0 Å². The van der Waals surface area contributed by atoms with Gasteiger partial charge >= 0.3 is 0 Å². The summed E-state index contributed by atoms with van der Waals surface area (Å²) >= 11 is 0. The van der Waals surface area contributed by atoms with Gasteiger partial charge in [0.2, 0.25) is 0 Å². The molecule has 0 aliphatic heterocycles. The van der Waals surface area contributed by atoms with Gasteiger partial charge in [0.1, 0.15) is 5.82 Å². The van der Waals surface area contributed by atoms with E-state index >= 15 is 0 Å². The van der Waals surface area contributed by atoms with E-state index in [9.17, 15) is 18.3 Å². The van der Waals surface area contributed by atoms with Crippen molar-refractivity contribution >= 4 is 5.69 Å². The molecule has 19 heavy (non-hydrogen) atoms. The van der Waals surface area contributed by atoms with Gasteiger partial charge in [-0.15, -0.1) is 0 Å². The molecule has 0 heterocycles. The number of benzene rings is 1. The van der Waals surface area contributed by atoms with E-state index in [4.69, 9.17) is 4.74 Å². The maximum absolute atomic E-state index is 13.3. The van der Waals surface area contributed by atoms with Crippen LogP contribution in [0, 0.1) is 17.5 Å². The minimum absolute atomic E-state index is 0.00584. The van der Waals surface area contributed by atoms with Crippen LogP contribution in [-0.4, -0.2) is 31.0 Å². The summed E-state index contributed by atoms with van der Waals surface area (Å²) in [5, 5.41) is 12.1. The predicted molar refractivity (Wildman–Crippen MR) is 66.5 cm³/mol. The topological polar surface area (TPSA) is 41.5 Å². The van der Waals surface area contributed by atoms with Gasteiger partial charge in [-0.2, -0.15) is 0 Å². The minimum atomic E-state index is -1.24. The third kappa shape index (κ3) is 5.48. The molecule has 0 bridgehead atoms. The number of anilines is 1. The number of aliphatic hydroxyl groups is 1. The molecule has 0 fully saturated rings. The van der Waals surface area contributed by atoms with Crippen molar-refractivity contribution < 1.29 is 23.0 Å². The molecule has 0 radical (unpaired) electrons. The van der Waals surface area contributed by atoms with Gasteiger partial charge < -0.3 is 15.2 Å². The molecule has 1 aromatic carbocycles. The van der Waals surface area contributed by atoms with Crippen molar-refractivity contribution in [1.29, 1.82) is 0 Å². The highest BCUT2D eigenvalue weighted by Crippen LogP contribution is 2.18. The normalized spacial score (nSPS) is 12.5. The summed E-state index contributed by atoms with van der Waals surface area (Å²) in [6.07, 6.45) is 1.05. The van der Waals surface area contributed by atoms with Crippen LogP contribution in [0.5, 0.6) is 0 Å². The predicted octanol–water partition coefficient (Wildman–Crippen LogP) is 2.69. The molecule has 1 rings (SSSR count). The maximum atomic E-state index is 13.3. The lowest BCUT2D eigenvalue weighted by Crippen LogP contribution is -2.25. The molecule has 0 amide bonds. The van der Waals surface area contributed by atoms with E-state index in [0.29, 0.717) is 12.7 Å². The van der Waals surface area contributed by atoms with Gasteiger partial charge in [-0.3, -0.25) is 0 Å². The van der Waals surface area contributed by atoms with Crippen molar-refractivity contribution in [2.24, 2.45) is 0 Å². The molecule has 0 aromatic heterocycles. The number of halogens is 3. The van der Waals surface area contributed by atoms with Crippen molar-refractivity contribution in [3.63, 3.8) is 0 Å². The van der Waals surface area contributed by atoms with E-state index < -0.39 is 23.6 Å². The first-order valence-electron chi connectivity index (χ1n) is 6.18. The van der Waals surface area contributed by atoms with Crippen molar-refractivity contribution in [1.82, 2.24) is 0 Å². The Bertz CT molecular complexity index is 402. The Balaban J connectivity index is 2.37. The Morgan fingerprint density at radius 2 is 1.89 bits per heavy atom. The zero-order valence-corrected chi connectivity index (χ0v) is 10.8. The van der Waals surface area contributed by atoms with Crippen LogP contribution in [0.2, 0.25) is 0 Å². The smallest absolute Gasteiger partial charge is 0.161 e. The van der Waals surface area contributed by atoms with Crippen LogP contribution < -0.4 is 5.32 Å². The second-order valence-corrected chi connectivity index (χ2v) is 4.21. The quantitative estimate of drug-likeness (QED) is 0.567. The summed E-state index contributed by atoms with van der Waals surface area (Å²) in [4.78, 5) is 0. The van der Waals surface area contributed by atoms with E-state index in [1.807, 2.05) is 6.92 Å². The summed E-state index contributed by atoms with van der Waals surface area (Å²) < 4.78 is 44.0. The molecule has 1 aromatic rings. The molecule has 108 valence electrons. The molecule has 0 saturated heterocycles. The fourth-order valence-electron chi connectivity index (χ4n) is 1.41. The monoisotopic (exact) mass is 277 g/mol. The van der Waals surface area contributed by atoms with Crippen LogP contribution in [0.25, 0.3) is 0 Å². The van der Waals surface area contributed by atoms with Gasteiger partial charge in [-0.05, 0) is 6.42 Å². The number of unbranched alkanes of at least 4 members (excludes halogenated alkanes) is 1. The first kappa shape index (κ1) is 15.8. The van der Waals surface area contributed by atoms with E-state index in [2.05, 4.69) is 5.32 Å². The molecule has 2 N–H and O–H groups in total. The highest BCUT2D eigenvalue weighted by molar-refractivity contribution is 5.45. The van der Waals surface area contributed by atoms with Gasteiger partial charge in [-0.1, -0.05) is 13.3 Å². The molecule has 0 aliphatic carbocycles. The second kappa shape index (κ2) is 8.01. The number of hydrogen-bond donors (Lipinski definition) is 2. The second-order valence-electron chi connectivity index (χ2n) is 4.21. The molecule has 0 spiro atoms. The number of hydrogen-bond acceptors (Lipinski definition) is 3. The molecule has 0 saturated carbocycles. The van der Waals surface area contributed by atoms with Crippen LogP contribution in [0.4, 0.5) is 18.9 Å². The van der Waals surface area contributed by atoms with E-state index in [-0.39, 0.29) is 18.8 Å². The lowest BCUT2D eigenvalue weighted by Gasteiger charge is -2.13. The summed E-state index contributed by atoms with van der Waals surface area (Å²) in [5.74, 6) is -3.29. The number of ether oxygens (including phenoxy) is 1. The van der Waals surface area contributed by atoms with Gasteiger partial charge in [0, 0.05) is 25.3 Å². The zero-order valence-electron chi connectivity index (χ0n) is 10.8. The third-order valence-corrected chi connectivity index (χ3v) is 2.49. The Morgan fingerprint density at radius 3 is 2.58 bits per heavy atom. The van der Waals surface area contributed by atoms with E-state index in [1.165, 1.54) is 0 Å². The minimum Gasteiger partial charge on any atom is -0.389 e. The molecular weight excluding hydrogens is 259 g/mol. The molecule has 1 unspecified atom stereocenters. The molecular formula is C13H18F3NO2. The molecule has 1 atom stereocenters. The number of rotatable bonds is 8. The highest BCUT2D eigenvalue weighted by Gasteiger charge is 2.11. The highest BCUT2D eigenvalue weighted by atomic mass is 19.2. The van der Waals surface area contributed by atoms with Crippen LogP contribution in [0.1, 0.15) is 19.8 Å². The van der Waals surface area contributed by atoms with Crippen LogP contribution >= 0.6 is 0 Å². The fraction of sp³-hybridized carbons (Fsp3) is 0.538. The first-order chi connectivity index (χ1) is 9.04. The van der Waals surface area contributed by atoms with E-state index in [0.717, 1.165) is 18.9 Å². The first-order valence-corrected chi connectivity index (χ1v) is 6.18. The average Bonchev–Trinajstić information content (AvgIpc) is 2.37. The Kier molecular flexibility index (Phi) is 6.66. The third-order valence-electron chi connectivity index (χ3n) is 2.49. The van der Waals surface area contributed by atoms with Crippen molar-refractivity contribution in [2.75, 3.05) is 25.1 Å². The SMILES string of the molecule is CCCCOCC(O)CNc1cc(F)c(F)cc1F. The largest absolute Gasteiger partial charge is 0.389 e. The maximum Gasteiger partial charge on any atom is 0.161 e. The zero-order chi connectivity index (χ0) is 14.3. The lowest BCUT2D eigenvalue weighted by molar-refractivity contribution is 0.0421. The van der Waals surface area contributed by atoms with Crippen LogP contribution in [0.15, 0.2) is 12.1 Å². The summed E-state index contributed by atoms with van der Waals surface area (Å²) in [6, 6.07) is 1.18.